The van der Waals surface area contributed by atoms with E-state index < -0.39 is 5.12 Å². The Morgan fingerprint density at radius 2 is 2.27 bits per heavy atom. The Hall–Kier alpha value is -0.670. The van der Waals surface area contributed by atoms with Crippen molar-refractivity contribution in [2.24, 2.45) is 15.0 Å². The van der Waals surface area contributed by atoms with Crippen LogP contribution in [0.4, 0.5) is 0 Å². The van der Waals surface area contributed by atoms with E-state index in [0.717, 1.165) is 5.57 Å². The Morgan fingerprint density at radius 3 is 3.09 bits per heavy atom. The van der Waals surface area contributed by atoms with Gasteiger partial charge in [-0.2, -0.15) is 0 Å². The lowest BCUT2D eigenvalue weighted by Gasteiger charge is -2.17. The second-order valence-electron chi connectivity index (χ2n) is 2.13. The normalized spacial score (nSPS) is 33.3. The number of aliphatic imine (C=N–C) groups is 3. The number of rotatable bonds is 0. The summed E-state index contributed by atoms with van der Waals surface area (Å²) in [6, 6.07) is 0. The molecule has 0 radical (unpaired) electrons. The number of nitrogens with zero attached hydrogens (tertiary/aromatic N) is 3. The molecule has 0 N–H and O–H groups in total. The molecule has 5 heteroatoms. The molecule has 2 heterocycles. The lowest BCUT2D eigenvalue weighted by molar-refractivity contribution is 0.782. The van der Waals surface area contributed by atoms with E-state index in [2.05, 4.69) is 15.0 Å². The van der Waals surface area contributed by atoms with Crippen LogP contribution in [0.25, 0.3) is 0 Å². The van der Waals surface area contributed by atoms with Crippen LogP contribution in [0.5, 0.6) is 0 Å². The van der Waals surface area contributed by atoms with Crippen LogP contribution in [0.1, 0.15) is 0 Å². The Balaban J connectivity index is 2.51. The topological polar surface area (TPSA) is 37.1 Å². The SMILES string of the molecule is ClC1=NC2(Cl)N=CC=C2C=N1. The highest BCUT2D eigenvalue weighted by Crippen LogP contribution is 2.33. The minimum Gasteiger partial charge on any atom is -0.244 e. The molecule has 2 aliphatic rings. The van der Waals surface area contributed by atoms with Crippen LogP contribution in [0, 0.1) is 0 Å². The number of allylic oxidation sites excluding steroid dienone is 1. The summed E-state index contributed by atoms with van der Waals surface area (Å²) >= 11 is 11.5. The maximum Gasteiger partial charge on any atom is 0.256 e. The molecule has 2 rings (SSSR count). The molecular formula is C6H3Cl2N3. The van der Waals surface area contributed by atoms with Crippen LogP contribution >= 0.6 is 23.2 Å². The fourth-order valence-electron chi connectivity index (χ4n) is 0.889. The first-order chi connectivity index (χ1) is 5.21. The van der Waals surface area contributed by atoms with Crippen molar-refractivity contribution >= 4 is 40.9 Å². The largest absolute Gasteiger partial charge is 0.256 e. The molecule has 0 fully saturated rings. The van der Waals surface area contributed by atoms with Crippen LogP contribution < -0.4 is 0 Å². The van der Waals surface area contributed by atoms with Crippen molar-refractivity contribution in [2.75, 3.05) is 0 Å². The molecule has 0 aromatic heterocycles. The molecule has 1 atom stereocenters. The summed E-state index contributed by atoms with van der Waals surface area (Å²) in [4.78, 5) is 11.6. The third kappa shape index (κ3) is 1.01. The van der Waals surface area contributed by atoms with Crippen LogP contribution in [-0.2, 0) is 0 Å². The van der Waals surface area contributed by atoms with Gasteiger partial charge in [-0.15, -0.1) is 0 Å². The molecule has 0 aromatic carbocycles. The van der Waals surface area contributed by atoms with Gasteiger partial charge in [0.15, 0.2) is 0 Å². The highest BCUT2D eigenvalue weighted by Gasteiger charge is 2.34. The van der Waals surface area contributed by atoms with E-state index in [4.69, 9.17) is 23.2 Å². The van der Waals surface area contributed by atoms with Crippen molar-refractivity contribution in [3.63, 3.8) is 0 Å². The second kappa shape index (κ2) is 2.16. The van der Waals surface area contributed by atoms with E-state index >= 15 is 0 Å². The first-order valence-corrected chi connectivity index (χ1v) is 3.71. The van der Waals surface area contributed by atoms with Crippen LogP contribution in [0.15, 0.2) is 26.6 Å². The molecule has 11 heavy (non-hydrogen) atoms. The minimum atomic E-state index is -1.03. The van der Waals surface area contributed by atoms with E-state index in [0.29, 0.717) is 0 Å². The summed E-state index contributed by atoms with van der Waals surface area (Å²) < 4.78 is 0. The standard InChI is InChI=1S/C6H3Cl2N3/c7-5-9-3-4-1-2-10-6(4,8)11-5/h1-3H. The summed E-state index contributed by atoms with van der Waals surface area (Å²) in [7, 11) is 0. The van der Waals surface area contributed by atoms with Crippen molar-refractivity contribution in [2.45, 2.75) is 5.12 Å². The van der Waals surface area contributed by atoms with Crippen LogP contribution in [0.3, 0.4) is 0 Å². The zero-order valence-corrected chi connectivity index (χ0v) is 6.84. The molecule has 1 unspecified atom stereocenters. The third-order valence-corrected chi connectivity index (χ3v) is 2.00. The average Bonchev–Trinajstić information content (AvgIpc) is 2.28. The monoisotopic (exact) mass is 187 g/mol. The lowest BCUT2D eigenvalue weighted by Crippen LogP contribution is -2.21. The van der Waals surface area contributed by atoms with Crippen molar-refractivity contribution in [1.82, 2.24) is 0 Å². The number of fused-ring (bicyclic) bond motifs is 1. The van der Waals surface area contributed by atoms with Gasteiger partial charge in [0.1, 0.15) is 0 Å². The van der Waals surface area contributed by atoms with Crippen molar-refractivity contribution in [1.29, 1.82) is 0 Å². The van der Waals surface area contributed by atoms with Gasteiger partial charge >= 0.3 is 0 Å². The third-order valence-electron chi connectivity index (χ3n) is 1.42. The lowest BCUT2D eigenvalue weighted by atomic mass is 10.2. The number of halogens is 2. The number of amidine groups is 1. The van der Waals surface area contributed by atoms with Gasteiger partial charge in [-0.05, 0) is 17.7 Å². The van der Waals surface area contributed by atoms with Gasteiger partial charge in [0.25, 0.3) is 5.12 Å². The summed E-state index contributed by atoms with van der Waals surface area (Å²) in [6.07, 6.45) is 4.91. The molecular weight excluding hydrogens is 185 g/mol. The molecule has 0 amide bonds. The summed E-state index contributed by atoms with van der Waals surface area (Å²) in [5.41, 5.74) is 0.753. The predicted molar refractivity (Wildman–Crippen MR) is 46.9 cm³/mol. The molecule has 0 aromatic rings. The highest BCUT2D eigenvalue weighted by molar-refractivity contribution is 6.66. The van der Waals surface area contributed by atoms with Gasteiger partial charge in [0, 0.05) is 18.0 Å². The van der Waals surface area contributed by atoms with Crippen LogP contribution in [0.2, 0.25) is 0 Å². The molecule has 0 aliphatic carbocycles. The van der Waals surface area contributed by atoms with Gasteiger partial charge in [-0.25, -0.2) is 15.0 Å². The van der Waals surface area contributed by atoms with E-state index in [1.54, 1.807) is 18.5 Å². The Morgan fingerprint density at radius 1 is 1.45 bits per heavy atom. The minimum absolute atomic E-state index is 0.135. The second-order valence-corrected chi connectivity index (χ2v) is 2.99. The Bertz CT molecular complexity index is 316. The van der Waals surface area contributed by atoms with E-state index in [1.165, 1.54) is 0 Å². The summed E-state index contributed by atoms with van der Waals surface area (Å²) in [5.74, 6) is 0. The number of hydrogen-bond donors (Lipinski definition) is 0. The van der Waals surface area contributed by atoms with Crippen molar-refractivity contribution in [3.8, 4) is 0 Å². The Labute approximate surface area is 73.2 Å². The fourth-order valence-corrected chi connectivity index (χ4v) is 1.35. The molecule has 0 saturated heterocycles. The van der Waals surface area contributed by atoms with Crippen LogP contribution in [-0.4, -0.2) is 22.8 Å². The molecule has 0 bridgehead atoms. The molecule has 0 saturated carbocycles. The smallest absolute Gasteiger partial charge is 0.244 e. The fraction of sp³-hybridized carbons (Fsp3) is 0.167. The first-order valence-electron chi connectivity index (χ1n) is 2.95. The molecule has 3 nitrogen and oxygen atoms in total. The van der Waals surface area contributed by atoms with Crippen molar-refractivity contribution < 1.29 is 0 Å². The van der Waals surface area contributed by atoms with E-state index in [9.17, 15) is 0 Å². The Kier molecular flexibility index (Phi) is 1.37. The number of alkyl halides is 1. The quantitative estimate of drug-likeness (QED) is 0.408. The van der Waals surface area contributed by atoms with Gasteiger partial charge < -0.3 is 0 Å². The average molecular weight is 188 g/mol. The molecule has 2 aliphatic heterocycles. The highest BCUT2D eigenvalue weighted by atomic mass is 35.5. The predicted octanol–water partition coefficient (Wildman–Crippen LogP) is 1.57. The first kappa shape index (κ1) is 7.00. The number of hydrogen-bond acceptors (Lipinski definition) is 3. The summed E-state index contributed by atoms with van der Waals surface area (Å²) in [6.45, 7) is 0. The molecule has 56 valence electrons. The van der Waals surface area contributed by atoms with Gasteiger partial charge in [0.05, 0.1) is 0 Å². The zero-order valence-electron chi connectivity index (χ0n) is 5.33. The van der Waals surface area contributed by atoms with Crippen molar-refractivity contribution in [3.05, 3.63) is 11.6 Å². The maximum atomic E-state index is 5.94. The van der Waals surface area contributed by atoms with E-state index in [1.807, 2.05) is 0 Å². The van der Waals surface area contributed by atoms with Gasteiger partial charge in [0.2, 0.25) is 5.29 Å². The van der Waals surface area contributed by atoms with E-state index in [-0.39, 0.29) is 5.29 Å². The summed E-state index contributed by atoms with van der Waals surface area (Å²) in [5, 5.41) is -0.894. The van der Waals surface area contributed by atoms with Gasteiger partial charge in [-0.1, -0.05) is 11.6 Å². The zero-order chi connectivity index (χ0) is 7.90. The molecule has 0 spiro atoms. The van der Waals surface area contributed by atoms with Gasteiger partial charge in [-0.3, -0.25) is 0 Å². The maximum absolute atomic E-state index is 5.94.